The monoisotopic (exact) mass is 394 g/mol. The van der Waals surface area contributed by atoms with Crippen molar-refractivity contribution >= 4 is 33.7 Å². The van der Waals surface area contributed by atoms with E-state index >= 15 is 0 Å². The number of nitrogens with zero attached hydrogens (tertiary/aromatic N) is 4. The molecule has 1 aromatic heterocycles. The maximum Gasteiger partial charge on any atom is 0.250 e. The molecular weight excluding hydrogens is 368 g/mol. The summed E-state index contributed by atoms with van der Waals surface area (Å²) in [6.07, 6.45) is 4.59. The van der Waals surface area contributed by atoms with E-state index in [1.54, 1.807) is 17.6 Å². The summed E-state index contributed by atoms with van der Waals surface area (Å²) in [5, 5.41) is 0. The summed E-state index contributed by atoms with van der Waals surface area (Å²) in [4.78, 5) is 26.1. The zero-order valence-electron chi connectivity index (χ0n) is 16.7. The lowest BCUT2D eigenvalue weighted by molar-refractivity contribution is -0.125. The zero-order valence-corrected chi connectivity index (χ0v) is 17.5. The molecule has 28 heavy (non-hydrogen) atoms. The number of carbonyl (C=O) groups excluding carboxylic acids is 1. The smallest absolute Gasteiger partial charge is 0.250 e. The Kier molecular flexibility index (Phi) is 5.42. The molecule has 3 heterocycles. The fraction of sp³-hybridized carbons (Fsp3) is 0.409. The lowest BCUT2D eigenvalue weighted by atomic mass is 9.98. The molecule has 2 aromatic rings. The van der Waals surface area contributed by atoms with Gasteiger partial charge in [-0.1, -0.05) is 12.1 Å². The second-order valence-electron chi connectivity index (χ2n) is 7.39. The van der Waals surface area contributed by atoms with Crippen LogP contribution in [0.4, 0.5) is 0 Å². The minimum absolute atomic E-state index is 0.192. The molecule has 1 atom stereocenters. The topological polar surface area (TPSA) is 48.8 Å². The van der Waals surface area contributed by atoms with Crippen LogP contribution in [0.5, 0.6) is 0 Å². The van der Waals surface area contributed by atoms with Crippen LogP contribution in [0.25, 0.3) is 10.2 Å². The van der Waals surface area contributed by atoms with Crippen molar-refractivity contribution in [3.05, 3.63) is 52.2 Å². The van der Waals surface area contributed by atoms with Gasteiger partial charge in [0.05, 0.1) is 28.0 Å². The first-order chi connectivity index (χ1) is 13.6. The van der Waals surface area contributed by atoms with Crippen LogP contribution in [0.3, 0.4) is 0 Å². The molecule has 6 heteroatoms. The van der Waals surface area contributed by atoms with Crippen LogP contribution >= 0.6 is 11.3 Å². The third-order valence-corrected chi connectivity index (χ3v) is 6.57. The lowest BCUT2D eigenvalue weighted by Gasteiger charge is -2.33. The minimum Gasteiger partial charge on any atom is -0.329 e. The van der Waals surface area contributed by atoms with Crippen molar-refractivity contribution in [2.45, 2.75) is 33.2 Å². The van der Waals surface area contributed by atoms with Gasteiger partial charge in [0.25, 0.3) is 5.91 Å². The quantitative estimate of drug-likeness (QED) is 0.714. The number of hydrogen-bond donors (Lipinski definition) is 0. The number of rotatable bonds is 5. The molecule has 2 aliphatic heterocycles. The van der Waals surface area contributed by atoms with E-state index in [1.165, 1.54) is 15.8 Å². The predicted octanol–water partition coefficient (Wildman–Crippen LogP) is 4.20. The Morgan fingerprint density at radius 1 is 1.36 bits per heavy atom. The second kappa shape index (κ2) is 7.97. The summed E-state index contributed by atoms with van der Waals surface area (Å²) in [5.74, 6) is 0.192. The van der Waals surface area contributed by atoms with Crippen molar-refractivity contribution < 1.29 is 4.79 Å². The molecular formula is C22H26N4OS. The lowest BCUT2D eigenvalue weighted by Crippen LogP contribution is -2.34. The number of benzene rings is 1. The van der Waals surface area contributed by atoms with Crippen LogP contribution in [-0.2, 0) is 4.79 Å². The van der Waals surface area contributed by atoms with Crippen LogP contribution in [0.1, 0.15) is 38.8 Å². The highest BCUT2D eigenvalue weighted by molar-refractivity contribution is 7.16. The first kappa shape index (κ1) is 19.0. The van der Waals surface area contributed by atoms with E-state index < -0.39 is 0 Å². The number of carbonyl (C=O) groups is 1. The Bertz CT molecular complexity index is 987. The van der Waals surface area contributed by atoms with Crippen molar-refractivity contribution in [1.82, 2.24) is 14.8 Å². The van der Waals surface area contributed by atoms with Crippen molar-refractivity contribution in [2.75, 3.05) is 26.2 Å². The van der Waals surface area contributed by atoms with Gasteiger partial charge in [0.1, 0.15) is 0 Å². The third kappa shape index (κ3) is 3.54. The molecule has 146 valence electrons. The average Bonchev–Trinajstić information content (AvgIpc) is 3.30. The first-order valence-corrected chi connectivity index (χ1v) is 10.7. The minimum atomic E-state index is 0.192. The van der Waals surface area contributed by atoms with Crippen LogP contribution in [0, 0.1) is 0 Å². The molecule has 5 nitrogen and oxygen atoms in total. The number of aromatic nitrogens is 1. The van der Waals surface area contributed by atoms with Crippen molar-refractivity contribution in [1.29, 1.82) is 0 Å². The second-order valence-corrected chi connectivity index (χ2v) is 8.27. The summed E-state index contributed by atoms with van der Waals surface area (Å²) in [6.45, 7) is 9.21. The van der Waals surface area contributed by atoms with Gasteiger partial charge in [-0.15, -0.1) is 11.3 Å². The van der Waals surface area contributed by atoms with E-state index in [0.29, 0.717) is 12.6 Å². The highest BCUT2D eigenvalue weighted by Gasteiger charge is 2.35. The van der Waals surface area contributed by atoms with Gasteiger partial charge < -0.3 is 4.90 Å². The molecule has 0 N–H and O–H groups in total. The maximum atomic E-state index is 12.8. The van der Waals surface area contributed by atoms with Crippen LogP contribution in [-0.4, -0.2) is 53.1 Å². The van der Waals surface area contributed by atoms with Gasteiger partial charge in [0.15, 0.2) is 0 Å². The molecule has 0 spiro atoms. The van der Waals surface area contributed by atoms with E-state index in [4.69, 9.17) is 0 Å². The Hall–Kier alpha value is -2.31. The van der Waals surface area contributed by atoms with Crippen LogP contribution in [0.2, 0.25) is 0 Å². The molecule has 0 aliphatic carbocycles. The van der Waals surface area contributed by atoms with Gasteiger partial charge in [0, 0.05) is 37.5 Å². The zero-order chi connectivity index (χ0) is 19.7. The molecule has 1 aromatic carbocycles. The molecule has 0 saturated heterocycles. The maximum absolute atomic E-state index is 12.8. The number of fused-ring (bicyclic) bond motifs is 1. The van der Waals surface area contributed by atoms with Gasteiger partial charge in [-0.2, -0.15) is 0 Å². The van der Waals surface area contributed by atoms with E-state index in [2.05, 4.69) is 40.0 Å². The van der Waals surface area contributed by atoms with E-state index in [0.717, 1.165) is 42.8 Å². The molecule has 4 rings (SSSR count). The summed E-state index contributed by atoms with van der Waals surface area (Å²) in [5.41, 5.74) is 7.50. The van der Waals surface area contributed by atoms with Crippen LogP contribution in [0.15, 0.2) is 51.6 Å². The predicted molar refractivity (Wildman–Crippen MR) is 116 cm³/mol. The standard InChI is InChI=1S/C22H26N4OS/c1-4-18(23-5-2)13-26-12-17-11-25(9-8-19(17)22(26)27)15(3)16-6-7-21-20(10-16)24-14-28-21/h4-7,10,14-15H,8-9,11-13H2,1-3H3/b18-4-,23-5?. The fourth-order valence-electron chi connectivity index (χ4n) is 4.12. The SMILES string of the molecule is CC=N/C(=C\C)CN1CC2=C(CCN(C(C)c3ccc4scnc4c3)C2)C1=O. The van der Waals surface area contributed by atoms with Crippen LogP contribution < -0.4 is 0 Å². The summed E-state index contributed by atoms with van der Waals surface area (Å²) >= 11 is 1.68. The Morgan fingerprint density at radius 3 is 3.00 bits per heavy atom. The largest absolute Gasteiger partial charge is 0.329 e. The van der Waals surface area contributed by atoms with E-state index in [-0.39, 0.29) is 5.91 Å². The van der Waals surface area contributed by atoms with Crippen molar-refractivity contribution in [3.63, 3.8) is 0 Å². The average molecular weight is 395 g/mol. The van der Waals surface area contributed by atoms with E-state index in [9.17, 15) is 4.79 Å². The number of thiazole rings is 1. The molecule has 0 bridgehead atoms. The normalized spacial score (nSPS) is 19.9. The van der Waals surface area contributed by atoms with Gasteiger partial charge in [-0.3, -0.25) is 14.7 Å². The molecule has 1 unspecified atom stereocenters. The van der Waals surface area contributed by atoms with Crippen molar-refractivity contribution in [3.8, 4) is 0 Å². The Balaban J connectivity index is 1.47. The Morgan fingerprint density at radius 2 is 2.21 bits per heavy atom. The van der Waals surface area contributed by atoms with E-state index in [1.807, 2.05) is 30.3 Å². The molecule has 0 fully saturated rings. The fourth-order valence-corrected chi connectivity index (χ4v) is 4.78. The Labute approximate surface area is 170 Å². The summed E-state index contributed by atoms with van der Waals surface area (Å²) < 4.78 is 1.23. The summed E-state index contributed by atoms with van der Waals surface area (Å²) in [7, 11) is 0. The van der Waals surface area contributed by atoms with Gasteiger partial charge in [-0.05, 0) is 50.5 Å². The molecule has 0 radical (unpaired) electrons. The number of allylic oxidation sites excluding steroid dienone is 1. The molecule has 2 aliphatic rings. The summed E-state index contributed by atoms with van der Waals surface area (Å²) in [6, 6.07) is 6.89. The van der Waals surface area contributed by atoms with Gasteiger partial charge in [0.2, 0.25) is 0 Å². The first-order valence-electron chi connectivity index (χ1n) is 9.82. The number of aliphatic imine (C=N–C) groups is 1. The highest BCUT2D eigenvalue weighted by atomic mass is 32.1. The number of amides is 1. The van der Waals surface area contributed by atoms with Gasteiger partial charge >= 0.3 is 0 Å². The third-order valence-electron chi connectivity index (χ3n) is 5.76. The highest BCUT2D eigenvalue weighted by Crippen LogP contribution is 2.33. The van der Waals surface area contributed by atoms with Gasteiger partial charge in [-0.25, -0.2) is 4.98 Å². The molecule has 1 amide bonds. The van der Waals surface area contributed by atoms with Crippen molar-refractivity contribution in [2.24, 2.45) is 4.99 Å². The number of hydrogen-bond acceptors (Lipinski definition) is 5. The molecule has 0 saturated carbocycles.